The lowest BCUT2D eigenvalue weighted by atomic mass is 10.1. The molecular formula is C19H20N4OS. The van der Waals surface area contributed by atoms with Crippen LogP contribution in [0.1, 0.15) is 34.0 Å². The van der Waals surface area contributed by atoms with Gasteiger partial charge in [0.2, 0.25) is 5.16 Å². The van der Waals surface area contributed by atoms with Crippen molar-refractivity contribution in [2.24, 2.45) is 0 Å². The molecule has 6 heteroatoms. The predicted octanol–water partition coefficient (Wildman–Crippen LogP) is 3.82. The molecule has 0 bridgehead atoms. The number of ketones is 1. The van der Waals surface area contributed by atoms with E-state index in [4.69, 9.17) is 0 Å². The second kappa shape index (κ2) is 7.61. The van der Waals surface area contributed by atoms with E-state index in [1.165, 1.54) is 22.9 Å². The fourth-order valence-corrected chi connectivity index (χ4v) is 3.30. The number of hydrogen-bond acceptors (Lipinski definition) is 5. The number of rotatable bonds is 6. The van der Waals surface area contributed by atoms with Crippen molar-refractivity contribution in [2.75, 3.05) is 5.75 Å². The molecule has 0 saturated heterocycles. The largest absolute Gasteiger partial charge is 0.293 e. The van der Waals surface area contributed by atoms with Crippen LogP contribution in [-0.4, -0.2) is 31.7 Å². The van der Waals surface area contributed by atoms with E-state index in [2.05, 4.69) is 35.4 Å². The third-order valence-electron chi connectivity index (χ3n) is 4.26. The van der Waals surface area contributed by atoms with Crippen LogP contribution in [0.5, 0.6) is 0 Å². The Balaban J connectivity index is 1.75. The minimum absolute atomic E-state index is 0.0724. The first-order valence-corrected chi connectivity index (χ1v) is 9.18. The van der Waals surface area contributed by atoms with Gasteiger partial charge in [0.1, 0.15) is 0 Å². The number of nitrogens with zero attached hydrogens (tertiary/aromatic N) is 4. The molecule has 0 N–H and O–H groups in total. The Bertz CT molecular complexity index is 887. The molecule has 0 fully saturated rings. The molecule has 0 aliphatic carbocycles. The van der Waals surface area contributed by atoms with Crippen LogP contribution in [0, 0.1) is 13.8 Å². The highest BCUT2D eigenvalue weighted by molar-refractivity contribution is 7.99. The zero-order valence-electron chi connectivity index (χ0n) is 14.6. The Kier molecular flexibility index (Phi) is 5.28. The lowest BCUT2D eigenvalue weighted by Gasteiger charge is -2.09. The Morgan fingerprint density at radius 1 is 1.12 bits per heavy atom. The average Bonchev–Trinajstić information content (AvgIpc) is 3.10. The van der Waals surface area contributed by atoms with E-state index in [0.717, 1.165) is 23.2 Å². The minimum atomic E-state index is 0.0724. The third kappa shape index (κ3) is 3.79. The molecule has 0 radical (unpaired) electrons. The molecule has 5 nitrogen and oxygen atoms in total. The number of thioether (sulfide) groups is 1. The number of Topliss-reactive ketones (excluding diaryl/α,β-unsaturated/α-hetero) is 1. The van der Waals surface area contributed by atoms with Crippen LogP contribution in [0.4, 0.5) is 0 Å². The number of aromatic nitrogens is 4. The summed E-state index contributed by atoms with van der Waals surface area (Å²) in [7, 11) is 0. The van der Waals surface area contributed by atoms with Gasteiger partial charge in [0.25, 0.3) is 0 Å². The Hall–Kier alpha value is -2.47. The smallest absolute Gasteiger partial charge is 0.214 e. The second-order valence-electron chi connectivity index (χ2n) is 5.85. The first kappa shape index (κ1) is 17.4. The van der Waals surface area contributed by atoms with Gasteiger partial charge in [0.15, 0.2) is 5.78 Å². The number of hydrogen-bond donors (Lipinski definition) is 0. The second-order valence-corrected chi connectivity index (χ2v) is 6.80. The molecule has 0 amide bonds. The number of tetrazole rings is 1. The van der Waals surface area contributed by atoms with Crippen molar-refractivity contribution in [1.82, 2.24) is 20.2 Å². The molecule has 0 unspecified atom stereocenters. The fourth-order valence-electron chi connectivity index (χ4n) is 2.52. The van der Waals surface area contributed by atoms with Crippen LogP contribution < -0.4 is 0 Å². The van der Waals surface area contributed by atoms with E-state index >= 15 is 0 Å². The van der Waals surface area contributed by atoms with E-state index in [1.807, 2.05) is 43.3 Å². The summed E-state index contributed by atoms with van der Waals surface area (Å²) in [5.41, 5.74) is 5.18. The van der Waals surface area contributed by atoms with Crippen LogP contribution in [-0.2, 0) is 6.42 Å². The molecule has 1 heterocycles. The topological polar surface area (TPSA) is 60.7 Å². The molecular weight excluding hydrogens is 332 g/mol. The first-order chi connectivity index (χ1) is 12.1. The summed E-state index contributed by atoms with van der Waals surface area (Å²) in [6.07, 6.45) is 0.966. The summed E-state index contributed by atoms with van der Waals surface area (Å²) in [6, 6.07) is 13.8. The summed E-state index contributed by atoms with van der Waals surface area (Å²) in [4.78, 5) is 12.4. The average molecular weight is 352 g/mol. The van der Waals surface area contributed by atoms with Crippen molar-refractivity contribution in [3.63, 3.8) is 0 Å². The highest BCUT2D eigenvalue weighted by Gasteiger charge is 2.14. The van der Waals surface area contributed by atoms with E-state index < -0.39 is 0 Å². The summed E-state index contributed by atoms with van der Waals surface area (Å²) >= 11 is 1.35. The van der Waals surface area contributed by atoms with Gasteiger partial charge in [-0.15, -0.1) is 5.10 Å². The molecule has 2 aromatic carbocycles. The van der Waals surface area contributed by atoms with Gasteiger partial charge in [-0.2, -0.15) is 4.68 Å². The zero-order valence-corrected chi connectivity index (χ0v) is 15.4. The SMILES string of the molecule is CCc1ccc(C(=O)CSc2nnnn2-c2cccc(C)c2C)cc1. The van der Waals surface area contributed by atoms with Crippen LogP contribution in [0.25, 0.3) is 5.69 Å². The van der Waals surface area contributed by atoms with Gasteiger partial charge >= 0.3 is 0 Å². The molecule has 1 aromatic heterocycles. The van der Waals surface area contributed by atoms with Crippen molar-refractivity contribution >= 4 is 17.5 Å². The summed E-state index contributed by atoms with van der Waals surface area (Å²) < 4.78 is 1.69. The predicted molar refractivity (Wildman–Crippen MR) is 99.5 cm³/mol. The van der Waals surface area contributed by atoms with E-state index in [1.54, 1.807) is 4.68 Å². The maximum Gasteiger partial charge on any atom is 0.214 e. The first-order valence-electron chi connectivity index (χ1n) is 8.20. The molecule has 128 valence electrons. The zero-order chi connectivity index (χ0) is 17.8. The molecule has 3 aromatic rings. The number of aryl methyl sites for hydroxylation is 2. The van der Waals surface area contributed by atoms with Crippen LogP contribution in [0.15, 0.2) is 47.6 Å². The van der Waals surface area contributed by atoms with Crippen molar-refractivity contribution in [1.29, 1.82) is 0 Å². The molecule has 0 aliphatic rings. The van der Waals surface area contributed by atoms with E-state index in [9.17, 15) is 4.79 Å². The van der Waals surface area contributed by atoms with E-state index in [-0.39, 0.29) is 5.78 Å². The Labute approximate surface area is 151 Å². The maximum absolute atomic E-state index is 12.4. The Morgan fingerprint density at radius 3 is 2.60 bits per heavy atom. The van der Waals surface area contributed by atoms with Gasteiger partial charge in [-0.3, -0.25) is 4.79 Å². The minimum Gasteiger partial charge on any atom is -0.293 e. The quantitative estimate of drug-likeness (QED) is 0.498. The maximum atomic E-state index is 12.4. The van der Waals surface area contributed by atoms with Crippen molar-refractivity contribution < 1.29 is 4.79 Å². The molecule has 0 aliphatic heterocycles. The molecule has 25 heavy (non-hydrogen) atoms. The summed E-state index contributed by atoms with van der Waals surface area (Å²) in [5.74, 6) is 0.375. The van der Waals surface area contributed by atoms with Gasteiger partial charge in [0.05, 0.1) is 11.4 Å². The van der Waals surface area contributed by atoms with Gasteiger partial charge < -0.3 is 0 Å². The Morgan fingerprint density at radius 2 is 1.88 bits per heavy atom. The van der Waals surface area contributed by atoms with Crippen LogP contribution in [0.2, 0.25) is 0 Å². The van der Waals surface area contributed by atoms with Crippen LogP contribution in [0.3, 0.4) is 0 Å². The van der Waals surface area contributed by atoms with Crippen molar-refractivity contribution in [3.05, 3.63) is 64.7 Å². The lowest BCUT2D eigenvalue weighted by molar-refractivity contribution is 0.102. The van der Waals surface area contributed by atoms with Crippen molar-refractivity contribution in [2.45, 2.75) is 32.3 Å². The monoisotopic (exact) mass is 352 g/mol. The van der Waals surface area contributed by atoms with Gasteiger partial charge in [-0.05, 0) is 53.5 Å². The molecule has 0 atom stereocenters. The summed E-state index contributed by atoms with van der Waals surface area (Å²) in [6.45, 7) is 6.19. The van der Waals surface area contributed by atoms with Crippen molar-refractivity contribution in [3.8, 4) is 5.69 Å². The number of carbonyl (C=O) groups is 1. The lowest BCUT2D eigenvalue weighted by Crippen LogP contribution is -2.06. The van der Waals surface area contributed by atoms with Gasteiger partial charge in [0, 0.05) is 5.56 Å². The third-order valence-corrected chi connectivity index (χ3v) is 5.18. The number of carbonyl (C=O) groups excluding carboxylic acids is 1. The standard InChI is InChI=1S/C19H20N4OS/c1-4-15-8-10-16(11-9-15)18(24)12-25-19-20-21-22-23(19)17-7-5-6-13(2)14(17)3/h5-11H,4,12H2,1-3H3. The van der Waals surface area contributed by atoms with Gasteiger partial charge in [-0.25, -0.2) is 0 Å². The number of benzene rings is 2. The molecule has 0 spiro atoms. The van der Waals surface area contributed by atoms with E-state index in [0.29, 0.717) is 10.9 Å². The van der Waals surface area contributed by atoms with Crippen LogP contribution >= 0.6 is 11.8 Å². The molecule has 0 saturated carbocycles. The summed E-state index contributed by atoms with van der Waals surface area (Å²) in [5, 5.41) is 12.5. The molecule has 3 rings (SSSR count). The normalized spacial score (nSPS) is 10.8. The van der Waals surface area contributed by atoms with Gasteiger partial charge in [-0.1, -0.05) is 55.1 Å². The fraction of sp³-hybridized carbons (Fsp3) is 0.263. The highest BCUT2D eigenvalue weighted by atomic mass is 32.2. The highest BCUT2D eigenvalue weighted by Crippen LogP contribution is 2.23.